The molecule has 0 aliphatic carbocycles. The number of rotatable bonds is 4. The minimum atomic E-state index is -0.654. The Morgan fingerprint density at radius 1 is 1.11 bits per heavy atom. The van der Waals surface area contributed by atoms with E-state index in [0.29, 0.717) is 28.4 Å². The largest absolute Gasteiger partial charge is 0.454 e. The Labute approximate surface area is 208 Å². The number of para-hydroxylation sites is 1. The SMILES string of the molecule is Cc1ccccc1NC(=O)/C(C#N)=c1\s/c(=C/c2ccc3c(c2)OCO3)c(=O)n1-c1ccc(F)cc1. The predicted octanol–water partition coefficient (Wildman–Crippen LogP) is 3.22. The monoisotopic (exact) mass is 499 g/mol. The van der Waals surface area contributed by atoms with Crippen LogP contribution in [0.1, 0.15) is 11.1 Å². The first-order valence-electron chi connectivity index (χ1n) is 10.8. The van der Waals surface area contributed by atoms with Crippen LogP contribution in [0.5, 0.6) is 11.5 Å². The van der Waals surface area contributed by atoms with E-state index in [4.69, 9.17) is 9.47 Å². The molecule has 1 aromatic heterocycles. The standard InChI is InChI=1S/C27H18FN3O4S/c1-16-4-2-3-5-21(16)30-25(32)20(14-29)27-31(19-9-7-18(28)8-10-19)26(33)24(36-27)13-17-6-11-22-23(12-17)35-15-34-22/h2-13H,15H2,1H3,(H,30,32)/b24-13+,27-20-. The van der Waals surface area contributed by atoms with Crippen LogP contribution in [0.4, 0.5) is 10.1 Å². The summed E-state index contributed by atoms with van der Waals surface area (Å²) in [7, 11) is 0. The number of ether oxygens (including phenoxy) is 2. The Balaban J connectivity index is 1.71. The van der Waals surface area contributed by atoms with Crippen molar-refractivity contribution in [1.29, 1.82) is 5.26 Å². The van der Waals surface area contributed by atoms with E-state index in [1.54, 1.807) is 36.4 Å². The first-order valence-corrected chi connectivity index (χ1v) is 11.7. The number of amides is 1. The van der Waals surface area contributed by atoms with Crippen LogP contribution in [0.2, 0.25) is 0 Å². The average Bonchev–Trinajstić information content (AvgIpc) is 3.46. The van der Waals surface area contributed by atoms with Crippen molar-refractivity contribution < 1.29 is 18.7 Å². The van der Waals surface area contributed by atoms with Gasteiger partial charge in [-0.25, -0.2) is 4.39 Å². The lowest BCUT2D eigenvalue weighted by molar-refractivity contribution is -0.111. The summed E-state index contributed by atoms with van der Waals surface area (Å²) in [5.74, 6) is 0.0352. The number of carbonyl (C=O) groups is 1. The number of carbonyl (C=O) groups excluding carboxylic acids is 1. The molecule has 0 bridgehead atoms. The zero-order chi connectivity index (χ0) is 25.2. The molecule has 0 radical (unpaired) electrons. The molecule has 36 heavy (non-hydrogen) atoms. The summed E-state index contributed by atoms with van der Waals surface area (Å²) in [5.41, 5.74) is 1.69. The number of nitriles is 1. The second kappa shape index (κ2) is 9.52. The fourth-order valence-electron chi connectivity index (χ4n) is 3.72. The summed E-state index contributed by atoms with van der Waals surface area (Å²) in [5, 5.41) is 12.7. The van der Waals surface area contributed by atoms with Crippen LogP contribution >= 0.6 is 11.3 Å². The lowest BCUT2D eigenvalue weighted by atomic mass is 10.2. The highest BCUT2D eigenvalue weighted by molar-refractivity contribution is 7.07. The van der Waals surface area contributed by atoms with Gasteiger partial charge >= 0.3 is 0 Å². The van der Waals surface area contributed by atoms with Gasteiger partial charge in [0, 0.05) is 5.69 Å². The van der Waals surface area contributed by atoms with E-state index < -0.39 is 17.3 Å². The third kappa shape index (κ3) is 4.37. The molecule has 1 N–H and O–H groups in total. The smallest absolute Gasteiger partial charge is 0.273 e. The predicted molar refractivity (Wildman–Crippen MR) is 134 cm³/mol. The quantitative estimate of drug-likeness (QED) is 0.466. The summed E-state index contributed by atoms with van der Waals surface area (Å²) in [4.78, 5) is 26.7. The normalized spacial score (nSPS) is 13.3. The second-order valence-electron chi connectivity index (χ2n) is 7.90. The van der Waals surface area contributed by atoms with Gasteiger partial charge in [0.05, 0.1) is 10.2 Å². The Bertz CT molecular complexity index is 1720. The Kier molecular flexibility index (Phi) is 6.10. The van der Waals surface area contributed by atoms with Crippen LogP contribution in [0, 0.1) is 24.1 Å². The minimum absolute atomic E-state index is 0.121. The van der Waals surface area contributed by atoms with E-state index in [2.05, 4.69) is 5.32 Å². The molecule has 0 fully saturated rings. The number of hydrogen-bond donors (Lipinski definition) is 1. The first kappa shape index (κ1) is 23.1. The number of aryl methyl sites for hydroxylation is 1. The van der Waals surface area contributed by atoms with E-state index >= 15 is 0 Å². The molecule has 1 amide bonds. The number of nitrogens with one attached hydrogen (secondary N) is 1. The van der Waals surface area contributed by atoms with Crippen molar-refractivity contribution in [3.8, 4) is 23.3 Å². The van der Waals surface area contributed by atoms with Crippen molar-refractivity contribution in [2.45, 2.75) is 6.92 Å². The molecule has 1 aliphatic rings. The molecule has 2 heterocycles. The Morgan fingerprint density at radius 3 is 2.61 bits per heavy atom. The van der Waals surface area contributed by atoms with E-state index in [1.165, 1.54) is 28.8 Å². The van der Waals surface area contributed by atoms with Crippen LogP contribution in [-0.2, 0) is 4.79 Å². The van der Waals surface area contributed by atoms with Crippen LogP contribution < -0.4 is 29.5 Å². The zero-order valence-corrected chi connectivity index (χ0v) is 19.8. The molecule has 4 aromatic rings. The van der Waals surface area contributed by atoms with Crippen LogP contribution in [0.25, 0.3) is 17.3 Å². The molecule has 178 valence electrons. The van der Waals surface area contributed by atoms with Crippen LogP contribution in [0.15, 0.2) is 71.5 Å². The molecular formula is C27H18FN3O4S. The highest BCUT2D eigenvalue weighted by atomic mass is 32.1. The molecule has 5 rings (SSSR count). The van der Waals surface area contributed by atoms with E-state index in [9.17, 15) is 19.2 Å². The lowest BCUT2D eigenvalue weighted by Crippen LogP contribution is -2.32. The molecule has 7 nitrogen and oxygen atoms in total. The summed E-state index contributed by atoms with van der Waals surface area (Å²) in [6, 6.07) is 19.6. The summed E-state index contributed by atoms with van der Waals surface area (Å²) >= 11 is 0.998. The fourth-order valence-corrected chi connectivity index (χ4v) is 4.82. The maximum absolute atomic E-state index is 13.6. The number of hydrogen-bond acceptors (Lipinski definition) is 6. The number of anilines is 1. The van der Waals surface area contributed by atoms with Crippen LogP contribution in [-0.4, -0.2) is 17.3 Å². The van der Waals surface area contributed by atoms with Crippen molar-refractivity contribution in [3.63, 3.8) is 0 Å². The topological polar surface area (TPSA) is 93.4 Å². The molecule has 0 saturated carbocycles. The zero-order valence-electron chi connectivity index (χ0n) is 18.9. The van der Waals surface area contributed by atoms with Crippen molar-refractivity contribution in [3.05, 3.63) is 103 Å². The second-order valence-corrected chi connectivity index (χ2v) is 8.93. The Hall–Kier alpha value is -4.68. The molecule has 0 saturated heterocycles. The summed E-state index contributed by atoms with van der Waals surface area (Å²) in [6.45, 7) is 1.95. The summed E-state index contributed by atoms with van der Waals surface area (Å²) < 4.78 is 26.0. The minimum Gasteiger partial charge on any atom is -0.454 e. The molecule has 0 spiro atoms. The van der Waals surface area contributed by atoms with Gasteiger partial charge in [-0.2, -0.15) is 5.26 Å². The van der Waals surface area contributed by atoms with Gasteiger partial charge in [-0.15, -0.1) is 11.3 Å². The van der Waals surface area contributed by atoms with Gasteiger partial charge in [-0.3, -0.25) is 14.2 Å². The fraction of sp³-hybridized carbons (Fsp3) is 0.0741. The number of thiazole rings is 1. The maximum Gasteiger partial charge on any atom is 0.273 e. The van der Waals surface area contributed by atoms with E-state index in [0.717, 1.165) is 16.9 Å². The van der Waals surface area contributed by atoms with Crippen molar-refractivity contribution >= 4 is 34.6 Å². The third-order valence-electron chi connectivity index (χ3n) is 5.55. The molecule has 0 unspecified atom stereocenters. The van der Waals surface area contributed by atoms with Gasteiger partial charge in [0.2, 0.25) is 6.79 Å². The molecule has 0 atom stereocenters. The summed E-state index contributed by atoms with van der Waals surface area (Å²) in [6.07, 6.45) is 1.65. The highest BCUT2D eigenvalue weighted by Crippen LogP contribution is 2.32. The van der Waals surface area contributed by atoms with E-state index in [-0.39, 0.29) is 21.6 Å². The lowest BCUT2D eigenvalue weighted by Gasteiger charge is -2.08. The van der Waals surface area contributed by atoms with Gasteiger partial charge < -0.3 is 14.8 Å². The first-order chi connectivity index (χ1) is 17.4. The Morgan fingerprint density at radius 2 is 1.86 bits per heavy atom. The molecule has 3 aromatic carbocycles. The van der Waals surface area contributed by atoms with Crippen molar-refractivity contribution in [1.82, 2.24) is 4.57 Å². The molecule has 9 heteroatoms. The van der Waals surface area contributed by atoms with Crippen molar-refractivity contribution in [2.24, 2.45) is 0 Å². The maximum atomic E-state index is 13.6. The average molecular weight is 500 g/mol. The number of fused-ring (bicyclic) bond motifs is 1. The van der Waals surface area contributed by atoms with Gasteiger partial charge in [-0.1, -0.05) is 24.3 Å². The number of aromatic nitrogens is 1. The van der Waals surface area contributed by atoms with Gasteiger partial charge in [0.25, 0.3) is 11.5 Å². The highest BCUT2D eigenvalue weighted by Gasteiger charge is 2.18. The van der Waals surface area contributed by atoms with Crippen LogP contribution in [0.3, 0.4) is 0 Å². The van der Waals surface area contributed by atoms with Gasteiger partial charge in [0.15, 0.2) is 17.1 Å². The van der Waals surface area contributed by atoms with Crippen molar-refractivity contribution in [2.75, 3.05) is 12.1 Å². The third-order valence-corrected chi connectivity index (χ3v) is 6.64. The molecule has 1 aliphatic heterocycles. The number of nitrogens with zero attached hydrogens (tertiary/aromatic N) is 2. The van der Waals surface area contributed by atoms with E-state index in [1.807, 2.05) is 25.1 Å². The van der Waals surface area contributed by atoms with Gasteiger partial charge in [-0.05, 0) is 66.6 Å². The molecular weight excluding hydrogens is 481 g/mol. The number of benzene rings is 3. The van der Waals surface area contributed by atoms with Gasteiger partial charge in [0.1, 0.15) is 16.5 Å². The number of halogens is 1.